The molecule has 0 atom stereocenters. The zero-order valence-corrected chi connectivity index (χ0v) is 19.0. The third kappa shape index (κ3) is 4.79. The first-order valence-corrected chi connectivity index (χ1v) is 11.2. The Bertz CT molecular complexity index is 1350. The maximum Gasteiger partial charge on any atom is 0.266 e. The summed E-state index contributed by atoms with van der Waals surface area (Å²) in [5.74, 6) is 0.575. The van der Waals surface area contributed by atoms with E-state index in [2.05, 4.69) is 10.3 Å². The Morgan fingerprint density at radius 3 is 2.62 bits per heavy atom. The van der Waals surface area contributed by atoms with Crippen molar-refractivity contribution in [3.8, 4) is 11.4 Å². The summed E-state index contributed by atoms with van der Waals surface area (Å²) in [5, 5.41) is 4.21. The summed E-state index contributed by atoms with van der Waals surface area (Å²) in [5.41, 5.74) is 2.64. The Labute approximate surface area is 194 Å². The number of nitrogens with zero attached hydrogens (tertiary/aromatic N) is 2. The van der Waals surface area contributed by atoms with E-state index >= 15 is 0 Å². The van der Waals surface area contributed by atoms with Gasteiger partial charge in [-0.2, -0.15) is 0 Å². The minimum absolute atomic E-state index is 0.0797. The molecule has 0 saturated heterocycles. The summed E-state index contributed by atoms with van der Waals surface area (Å²) < 4.78 is 6.67. The molecule has 32 heavy (non-hydrogen) atoms. The molecule has 4 rings (SSSR count). The second kappa shape index (κ2) is 9.46. The Balaban J connectivity index is 1.66. The van der Waals surface area contributed by atoms with Crippen LogP contribution in [0.25, 0.3) is 16.6 Å². The van der Waals surface area contributed by atoms with Gasteiger partial charge in [0.1, 0.15) is 5.75 Å². The molecule has 0 aliphatic heterocycles. The third-order valence-electron chi connectivity index (χ3n) is 4.77. The van der Waals surface area contributed by atoms with Crippen LogP contribution >= 0.6 is 23.4 Å². The van der Waals surface area contributed by atoms with Crippen LogP contribution in [0.2, 0.25) is 5.02 Å². The molecule has 1 N–H and O–H groups in total. The molecule has 1 amide bonds. The van der Waals surface area contributed by atoms with Crippen LogP contribution in [0.15, 0.2) is 76.7 Å². The minimum Gasteiger partial charge on any atom is -0.497 e. The van der Waals surface area contributed by atoms with Crippen LogP contribution in [-0.2, 0) is 4.79 Å². The predicted molar refractivity (Wildman–Crippen MR) is 129 cm³/mol. The number of ether oxygens (including phenoxy) is 1. The van der Waals surface area contributed by atoms with Crippen LogP contribution in [0.3, 0.4) is 0 Å². The van der Waals surface area contributed by atoms with Gasteiger partial charge < -0.3 is 10.1 Å². The number of methoxy groups -OCH3 is 1. The fourth-order valence-electron chi connectivity index (χ4n) is 3.23. The van der Waals surface area contributed by atoms with Crippen molar-refractivity contribution in [2.24, 2.45) is 0 Å². The summed E-state index contributed by atoms with van der Waals surface area (Å²) >= 11 is 7.30. The molecule has 6 nitrogen and oxygen atoms in total. The summed E-state index contributed by atoms with van der Waals surface area (Å²) in [6, 6.07) is 19.7. The summed E-state index contributed by atoms with van der Waals surface area (Å²) in [6.07, 6.45) is 0. The zero-order chi connectivity index (χ0) is 22.7. The number of carbonyl (C=O) groups is 1. The van der Waals surface area contributed by atoms with E-state index in [0.717, 1.165) is 5.56 Å². The number of rotatable bonds is 6. The van der Waals surface area contributed by atoms with Crippen molar-refractivity contribution in [2.75, 3.05) is 18.2 Å². The zero-order valence-electron chi connectivity index (χ0n) is 17.5. The minimum atomic E-state index is -0.213. The van der Waals surface area contributed by atoms with Gasteiger partial charge in [0.2, 0.25) is 5.91 Å². The lowest BCUT2D eigenvalue weighted by molar-refractivity contribution is -0.113. The van der Waals surface area contributed by atoms with Gasteiger partial charge in [0, 0.05) is 10.7 Å². The molecule has 4 aromatic rings. The largest absolute Gasteiger partial charge is 0.497 e. The number of fused-ring (bicyclic) bond motifs is 1. The van der Waals surface area contributed by atoms with E-state index in [9.17, 15) is 9.59 Å². The average molecular weight is 466 g/mol. The van der Waals surface area contributed by atoms with E-state index in [0.29, 0.717) is 38.2 Å². The lowest BCUT2D eigenvalue weighted by atomic mass is 10.2. The second-order valence-corrected chi connectivity index (χ2v) is 8.48. The summed E-state index contributed by atoms with van der Waals surface area (Å²) in [7, 11) is 1.59. The maximum atomic E-state index is 13.3. The number of anilines is 1. The molecule has 1 aromatic heterocycles. The van der Waals surface area contributed by atoms with Gasteiger partial charge in [0.05, 0.1) is 29.5 Å². The second-order valence-electron chi connectivity index (χ2n) is 7.10. The number of benzene rings is 3. The lowest BCUT2D eigenvalue weighted by Gasteiger charge is -2.14. The Kier molecular flexibility index (Phi) is 6.48. The third-order valence-corrected chi connectivity index (χ3v) is 5.94. The number of hydrogen-bond acceptors (Lipinski definition) is 5. The molecule has 0 spiro atoms. The SMILES string of the molecule is COc1ccc(NC(=O)CSc2nc3cc(Cl)ccc3c(=O)n2-c2cccc(C)c2)cc1. The molecule has 0 aliphatic rings. The van der Waals surface area contributed by atoms with Crippen molar-refractivity contribution in [3.63, 3.8) is 0 Å². The molecule has 0 unspecified atom stereocenters. The van der Waals surface area contributed by atoms with E-state index < -0.39 is 0 Å². The first kappa shape index (κ1) is 21.9. The summed E-state index contributed by atoms with van der Waals surface area (Å²) in [4.78, 5) is 30.5. The normalized spacial score (nSPS) is 10.8. The van der Waals surface area contributed by atoms with Crippen LogP contribution in [0.5, 0.6) is 5.75 Å². The quantitative estimate of drug-likeness (QED) is 0.317. The molecular formula is C24H20ClN3O3S. The highest BCUT2D eigenvalue weighted by atomic mass is 35.5. The number of nitrogens with one attached hydrogen (secondary N) is 1. The first-order chi connectivity index (χ1) is 15.4. The first-order valence-electron chi connectivity index (χ1n) is 9.80. The van der Waals surface area contributed by atoms with Crippen molar-refractivity contribution in [2.45, 2.75) is 12.1 Å². The van der Waals surface area contributed by atoms with Gasteiger partial charge in [-0.15, -0.1) is 0 Å². The maximum absolute atomic E-state index is 13.3. The monoisotopic (exact) mass is 465 g/mol. The molecule has 0 aliphatic carbocycles. The number of thioether (sulfide) groups is 1. The molecule has 1 heterocycles. The van der Waals surface area contributed by atoms with Gasteiger partial charge in [0.15, 0.2) is 5.16 Å². The fourth-order valence-corrected chi connectivity index (χ4v) is 4.21. The molecule has 8 heteroatoms. The topological polar surface area (TPSA) is 73.2 Å². The van der Waals surface area contributed by atoms with Crippen LogP contribution in [-0.4, -0.2) is 28.3 Å². The molecule has 162 valence electrons. The van der Waals surface area contributed by atoms with Crippen molar-refractivity contribution < 1.29 is 9.53 Å². The van der Waals surface area contributed by atoms with Gasteiger partial charge in [0.25, 0.3) is 5.56 Å². The lowest BCUT2D eigenvalue weighted by Crippen LogP contribution is -2.23. The van der Waals surface area contributed by atoms with E-state index in [4.69, 9.17) is 16.3 Å². The van der Waals surface area contributed by atoms with Crippen molar-refractivity contribution in [3.05, 3.63) is 87.7 Å². The van der Waals surface area contributed by atoms with Crippen molar-refractivity contribution in [1.29, 1.82) is 0 Å². The van der Waals surface area contributed by atoms with Crippen LogP contribution in [0.4, 0.5) is 5.69 Å². The van der Waals surface area contributed by atoms with Crippen LogP contribution in [0.1, 0.15) is 5.56 Å². The highest BCUT2D eigenvalue weighted by Crippen LogP contribution is 2.24. The van der Waals surface area contributed by atoms with Crippen molar-refractivity contribution >= 4 is 45.9 Å². The number of hydrogen-bond donors (Lipinski definition) is 1. The van der Waals surface area contributed by atoms with E-state index in [1.165, 1.54) is 16.3 Å². The van der Waals surface area contributed by atoms with Gasteiger partial charge in [-0.3, -0.25) is 14.2 Å². The van der Waals surface area contributed by atoms with E-state index in [-0.39, 0.29) is 17.2 Å². The van der Waals surface area contributed by atoms with Gasteiger partial charge in [-0.25, -0.2) is 4.98 Å². The number of aryl methyl sites for hydroxylation is 1. The number of amides is 1. The van der Waals surface area contributed by atoms with Crippen LogP contribution < -0.4 is 15.6 Å². The predicted octanol–water partition coefficient (Wildman–Crippen LogP) is 5.09. The molecule has 3 aromatic carbocycles. The molecule has 0 bridgehead atoms. The highest BCUT2D eigenvalue weighted by molar-refractivity contribution is 7.99. The van der Waals surface area contributed by atoms with E-state index in [1.54, 1.807) is 49.6 Å². The van der Waals surface area contributed by atoms with Gasteiger partial charge in [-0.05, 0) is 67.1 Å². The van der Waals surface area contributed by atoms with Gasteiger partial charge in [-0.1, -0.05) is 35.5 Å². The highest BCUT2D eigenvalue weighted by Gasteiger charge is 2.15. The van der Waals surface area contributed by atoms with Gasteiger partial charge >= 0.3 is 0 Å². The molecule has 0 saturated carbocycles. The fraction of sp³-hybridized carbons (Fsp3) is 0.125. The Morgan fingerprint density at radius 1 is 1.12 bits per heavy atom. The molecule has 0 radical (unpaired) electrons. The summed E-state index contributed by atoms with van der Waals surface area (Å²) in [6.45, 7) is 1.96. The molecule has 0 fully saturated rings. The number of aromatic nitrogens is 2. The molecular weight excluding hydrogens is 446 g/mol. The smallest absolute Gasteiger partial charge is 0.266 e. The number of halogens is 1. The average Bonchev–Trinajstić information content (AvgIpc) is 2.78. The Morgan fingerprint density at radius 2 is 1.91 bits per heavy atom. The van der Waals surface area contributed by atoms with Crippen molar-refractivity contribution in [1.82, 2.24) is 9.55 Å². The number of carbonyl (C=O) groups excluding carboxylic acids is 1. The standard InChI is InChI=1S/C24H20ClN3O3S/c1-15-4-3-5-18(12-15)28-23(30)20-11-6-16(25)13-21(20)27-24(28)32-14-22(29)26-17-7-9-19(31-2)10-8-17/h3-13H,14H2,1-2H3,(H,26,29). The van der Waals surface area contributed by atoms with E-state index in [1.807, 2.05) is 31.2 Å². The van der Waals surface area contributed by atoms with Crippen LogP contribution in [0, 0.1) is 6.92 Å². The Hall–Kier alpha value is -3.29.